The summed E-state index contributed by atoms with van der Waals surface area (Å²) in [6.07, 6.45) is 8.04. The van der Waals surface area contributed by atoms with Crippen LogP contribution in [0.15, 0.2) is 48.8 Å². The Kier molecular flexibility index (Phi) is 12.8. The third kappa shape index (κ3) is 9.43. The first kappa shape index (κ1) is 40.1. The zero-order valence-corrected chi connectivity index (χ0v) is 34.4. The van der Waals surface area contributed by atoms with Crippen LogP contribution in [-0.4, -0.2) is 118 Å². The van der Waals surface area contributed by atoms with Crippen LogP contribution in [0.1, 0.15) is 36.8 Å². The van der Waals surface area contributed by atoms with E-state index in [1.54, 1.807) is 18.5 Å². The summed E-state index contributed by atoms with van der Waals surface area (Å²) in [6, 6.07) is 12.6. The predicted octanol–water partition coefficient (Wildman–Crippen LogP) is 6.92. The van der Waals surface area contributed by atoms with E-state index in [9.17, 15) is 5.11 Å². The van der Waals surface area contributed by atoms with Gasteiger partial charge in [0.25, 0.3) is 0 Å². The van der Waals surface area contributed by atoms with E-state index in [0.29, 0.717) is 45.9 Å². The first-order valence-corrected chi connectivity index (χ1v) is 20.9. The van der Waals surface area contributed by atoms with Crippen molar-refractivity contribution in [2.75, 3.05) is 76.3 Å². The highest BCUT2D eigenvalue weighted by molar-refractivity contribution is 6.32. The Morgan fingerprint density at radius 2 is 1.36 bits per heavy atom. The third-order valence-electron chi connectivity index (χ3n) is 11.1. The summed E-state index contributed by atoms with van der Waals surface area (Å²) in [5, 5.41) is 25.5. The molecule has 3 aliphatic rings. The molecule has 0 aliphatic carbocycles. The Morgan fingerprint density at radius 1 is 0.793 bits per heavy atom. The van der Waals surface area contributed by atoms with E-state index in [2.05, 4.69) is 57.2 Å². The number of aromatic hydroxyl groups is 1. The molecule has 16 heteroatoms. The minimum Gasteiger partial charge on any atom is -0.506 e. The van der Waals surface area contributed by atoms with Crippen molar-refractivity contribution in [1.29, 1.82) is 0 Å². The topological polar surface area (TPSA) is 173 Å². The molecule has 3 fully saturated rings. The second-order valence-electron chi connectivity index (χ2n) is 15.1. The normalized spacial score (nSPS) is 18.4. The number of aryl methyl sites for hydroxylation is 2. The smallest absolute Gasteiger partial charge is 0.178 e. The van der Waals surface area contributed by atoms with Crippen molar-refractivity contribution in [1.82, 2.24) is 45.4 Å². The number of morpholine rings is 1. The maximum absolute atomic E-state index is 10.3. The number of benzene rings is 2. The van der Waals surface area contributed by atoms with Gasteiger partial charge in [-0.25, -0.2) is 19.9 Å². The van der Waals surface area contributed by atoms with Gasteiger partial charge in [-0.2, -0.15) is 0 Å². The van der Waals surface area contributed by atoms with Crippen molar-refractivity contribution >= 4 is 56.9 Å². The average Bonchev–Trinajstić information content (AvgIpc) is 4.09. The number of phenols is 1. The van der Waals surface area contributed by atoms with Gasteiger partial charge in [0.05, 0.1) is 45.7 Å². The summed E-state index contributed by atoms with van der Waals surface area (Å²) in [5.41, 5.74) is 8.32. The number of imidazole rings is 2. The highest BCUT2D eigenvalue weighted by atomic mass is 35.5. The number of nitrogens with one attached hydrogen (secondary N) is 6. The molecule has 0 radical (unpaired) electrons. The zero-order valence-electron chi connectivity index (χ0n) is 32.9. The van der Waals surface area contributed by atoms with E-state index < -0.39 is 0 Å². The Bertz CT molecular complexity index is 2330. The average molecular weight is 829 g/mol. The monoisotopic (exact) mass is 827 g/mol. The second-order valence-corrected chi connectivity index (χ2v) is 15.9. The van der Waals surface area contributed by atoms with Crippen LogP contribution in [0.5, 0.6) is 11.5 Å². The molecule has 306 valence electrons. The first-order valence-electron chi connectivity index (χ1n) is 20.2. The Labute approximate surface area is 347 Å². The van der Waals surface area contributed by atoms with E-state index >= 15 is 0 Å². The van der Waals surface area contributed by atoms with Crippen molar-refractivity contribution in [2.45, 2.75) is 51.6 Å². The van der Waals surface area contributed by atoms with Gasteiger partial charge in [0.2, 0.25) is 0 Å². The van der Waals surface area contributed by atoms with Crippen LogP contribution in [0.2, 0.25) is 10.0 Å². The highest BCUT2D eigenvalue weighted by Crippen LogP contribution is 2.33. The van der Waals surface area contributed by atoms with Crippen LogP contribution in [0.3, 0.4) is 0 Å². The summed E-state index contributed by atoms with van der Waals surface area (Å²) in [4.78, 5) is 26.8. The van der Waals surface area contributed by atoms with Gasteiger partial charge in [-0.3, -0.25) is 4.90 Å². The minimum atomic E-state index is 0.207. The molecule has 4 aromatic heterocycles. The summed E-state index contributed by atoms with van der Waals surface area (Å²) in [5.74, 6) is 2.49. The van der Waals surface area contributed by atoms with Crippen LogP contribution in [0.4, 0.5) is 11.4 Å². The molecule has 0 unspecified atom stereocenters. The van der Waals surface area contributed by atoms with E-state index in [1.807, 2.05) is 38.1 Å². The molecule has 0 spiro atoms. The van der Waals surface area contributed by atoms with E-state index in [1.165, 1.54) is 25.7 Å². The number of aromatic nitrogens is 6. The molecule has 3 aliphatic heterocycles. The molecule has 9 rings (SSSR count). The summed E-state index contributed by atoms with van der Waals surface area (Å²) in [6.45, 7) is 12.8. The third-order valence-corrected chi connectivity index (χ3v) is 11.9. The van der Waals surface area contributed by atoms with E-state index in [0.717, 1.165) is 115 Å². The number of fused-ring (bicyclic) bond motifs is 2. The van der Waals surface area contributed by atoms with Crippen LogP contribution in [0, 0.1) is 13.8 Å². The van der Waals surface area contributed by atoms with Gasteiger partial charge in [-0.05, 0) is 100 Å². The number of hydrogen-bond acceptors (Lipinski definition) is 12. The van der Waals surface area contributed by atoms with Crippen molar-refractivity contribution in [3.05, 3.63) is 70.0 Å². The molecule has 2 atom stereocenters. The summed E-state index contributed by atoms with van der Waals surface area (Å²) in [7, 11) is 0. The van der Waals surface area contributed by atoms with E-state index in [4.69, 9.17) is 37.7 Å². The maximum atomic E-state index is 10.3. The lowest BCUT2D eigenvalue weighted by Crippen LogP contribution is -2.38. The molecule has 58 heavy (non-hydrogen) atoms. The lowest BCUT2D eigenvalue weighted by Gasteiger charge is -2.26. The first-order chi connectivity index (χ1) is 28.3. The lowest BCUT2D eigenvalue weighted by molar-refractivity contribution is 0.0323. The fraction of sp³-hybridized carbons (Fsp3) is 0.429. The number of halogens is 2. The van der Waals surface area contributed by atoms with Crippen LogP contribution in [0.25, 0.3) is 45.1 Å². The van der Waals surface area contributed by atoms with E-state index in [-0.39, 0.29) is 5.75 Å². The Hall–Kier alpha value is -4.70. The molecule has 0 amide bonds. The van der Waals surface area contributed by atoms with Gasteiger partial charge in [0.15, 0.2) is 11.3 Å². The van der Waals surface area contributed by atoms with Crippen molar-refractivity contribution in [3.63, 3.8) is 0 Å². The predicted molar refractivity (Wildman–Crippen MR) is 232 cm³/mol. The summed E-state index contributed by atoms with van der Waals surface area (Å²) < 4.78 is 11.6. The zero-order chi connectivity index (χ0) is 40.0. The van der Waals surface area contributed by atoms with Crippen molar-refractivity contribution < 1.29 is 14.6 Å². The fourth-order valence-electron chi connectivity index (χ4n) is 7.59. The van der Waals surface area contributed by atoms with Crippen molar-refractivity contribution in [3.8, 4) is 34.3 Å². The number of nitrogens with zero attached hydrogens (tertiary/aromatic N) is 5. The second kappa shape index (κ2) is 18.5. The van der Waals surface area contributed by atoms with Gasteiger partial charge in [0.1, 0.15) is 29.8 Å². The highest BCUT2D eigenvalue weighted by Gasteiger charge is 2.19. The Morgan fingerprint density at radius 3 is 1.93 bits per heavy atom. The van der Waals surface area contributed by atoms with Crippen molar-refractivity contribution in [2.24, 2.45) is 0 Å². The minimum absolute atomic E-state index is 0.207. The SMILES string of the molecule is Cc1c(Cl)cnc2nc(-c3ccc(NC[C@H]4CCCN4)c(O)c3)[nH]c12.Cc1c(Cl)cnc2nc(-c3ccc(OCCN4CCOCC4)c(NC[C@H]4CCCN4)c3)[nH]c12. The standard InChI is InChI=1S/C24H31ClN6O2.C18H20ClN5O/c1-16-19(25)15-28-24-22(16)29-23(30-24)17-4-5-21(33-12-9-31-7-10-32-11-8-31)20(13-17)27-14-18-3-2-6-26-18;1-10-13(19)9-22-18-16(10)23-17(24-18)11-4-5-14(15(25)7-11)21-8-12-3-2-6-20-12/h4-5,13,15,18,26-27H,2-3,6-12,14H2,1H3,(H,28,29,30);4-5,7,9,12,20-21,25H,2-3,6,8H2,1H3,(H,22,23,24)/t18-;12-/m11/s1. The van der Waals surface area contributed by atoms with Gasteiger partial charge >= 0.3 is 0 Å². The quantitative estimate of drug-likeness (QED) is 0.0637. The number of anilines is 2. The molecule has 3 saturated heterocycles. The number of rotatable bonds is 12. The molecule has 0 saturated carbocycles. The summed E-state index contributed by atoms with van der Waals surface area (Å²) >= 11 is 12.4. The number of H-pyrrole nitrogens is 2. The van der Waals surface area contributed by atoms with Gasteiger partial charge in [-0.15, -0.1) is 0 Å². The number of pyridine rings is 2. The van der Waals surface area contributed by atoms with Crippen LogP contribution >= 0.6 is 23.2 Å². The molecule has 7 heterocycles. The largest absolute Gasteiger partial charge is 0.506 e. The molecule has 6 aromatic rings. The van der Waals surface area contributed by atoms with Gasteiger partial charge < -0.3 is 45.8 Å². The maximum Gasteiger partial charge on any atom is 0.178 e. The molecule has 7 N–H and O–H groups in total. The molecule has 2 aromatic carbocycles. The van der Waals surface area contributed by atoms with Gasteiger partial charge in [0, 0.05) is 68.3 Å². The molecule has 14 nitrogen and oxygen atoms in total. The lowest BCUT2D eigenvalue weighted by atomic mass is 10.1. The number of aromatic amines is 2. The van der Waals surface area contributed by atoms with Crippen LogP contribution < -0.4 is 26.0 Å². The van der Waals surface area contributed by atoms with Crippen LogP contribution in [-0.2, 0) is 4.74 Å². The number of hydrogen-bond donors (Lipinski definition) is 7. The molecular weight excluding hydrogens is 777 g/mol. The fourth-order valence-corrected chi connectivity index (χ4v) is 7.87. The number of ether oxygens (including phenoxy) is 2. The number of phenolic OH excluding ortho intramolecular Hbond substituents is 1. The Balaban J connectivity index is 0.000000168. The van der Waals surface area contributed by atoms with Gasteiger partial charge in [-0.1, -0.05) is 23.2 Å². The molecular formula is C42H51Cl2N11O3. The molecule has 0 bridgehead atoms.